The molecule has 0 aliphatic heterocycles. The van der Waals surface area contributed by atoms with Crippen molar-refractivity contribution in [2.24, 2.45) is 0 Å². The summed E-state index contributed by atoms with van der Waals surface area (Å²) in [6.07, 6.45) is 1.58. The van der Waals surface area contributed by atoms with Crippen molar-refractivity contribution in [2.45, 2.75) is 13.8 Å². The molecule has 0 saturated carbocycles. The number of H-pyrrole nitrogens is 1. The van der Waals surface area contributed by atoms with Crippen LogP contribution >= 0.6 is 0 Å². The Balaban J connectivity index is 2.13. The molecule has 0 atom stereocenters. The second-order valence-corrected chi connectivity index (χ2v) is 5.75. The molecule has 0 aliphatic rings. The summed E-state index contributed by atoms with van der Waals surface area (Å²) in [7, 11) is 0. The number of ketones is 2. The number of hydrogen-bond acceptors (Lipinski definition) is 4. The highest BCUT2D eigenvalue weighted by atomic mass is 16.1. The molecule has 1 N–H and O–H groups in total. The minimum absolute atomic E-state index is 0.0179. The van der Waals surface area contributed by atoms with E-state index in [0.717, 1.165) is 5.56 Å². The molecule has 0 aliphatic carbocycles. The molecule has 5 heteroatoms. The molecule has 25 heavy (non-hydrogen) atoms. The molecule has 0 saturated heterocycles. The van der Waals surface area contributed by atoms with Crippen molar-refractivity contribution >= 4 is 11.6 Å². The average Bonchev–Trinajstić information content (AvgIpc) is 2.61. The molecule has 5 nitrogen and oxygen atoms in total. The van der Waals surface area contributed by atoms with E-state index in [1.165, 1.54) is 13.8 Å². The molecule has 3 rings (SSSR count). The first kappa shape index (κ1) is 16.5. The second kappa shape index (κ2) is 6.65. The van der Waals surface area contributed by atoms with Gasteiger partial charge in [0.1, 0.15) is 0 Å². The molecule has 2 aromatic carbocycles. The SMILES string of the molecule is CC(=O)c1ccc(-c2cn[nH]c(=O)c2-c2ccc(C(C)=O)cc2)cc1. The van der Waals surface area contributed by atoms with Crippen molar-refractivity contribution in [2.75, 3.05) is 0 Å². The van der Waals surface area contributed by atoms with E-state index in [2.05, 4.69) is 10.2 Å². The van der Waals surface area contributed by atoms with Crippen molar-refractivity contribution < 1.29 is 9.59 Å². The molecule has 0 fully saturated rings. The molecular weight excluding hydrogens is 316 g/mol. The molecule has 3 aromatic rings. The zero-order valence-electron chi connectivity index (χ0n) is 13.9. The number of carbonyl (C=O) groups is 2. The Morgan fingerprint density at radius 3 is 1.76 bits per heavy atom. The van der Waals surface area contributed by atoms with E-state index >= 15 is 0 Å². The summed E-state index contributed by atoms with van der Waals surface area (Å²) in [6, 6.07) is 13.9. The van der Waals surface area contributed by atoms with Gasteiger partial charge in [-0.2, -0.15) is 5.10 Å². The van der Waals surface area contributed by atoms with Crippen molar-refractivity contribution in [1.29, 1.82) is 0 Å². The van der Waals surface area contributed by atoms with Gasteiger partial charge in [-0.1, -0.05) is 48.5 Å². The molecule has 1 aromatic heterocycles. The second-order valence-electron chi connectivity index (χ2n) is 5.75. The van der Waals surface area contributed by atoms with Gasteiger partial charge in [0.15, 0.2) is 11.6 Å². The monoisotopic (exact) mass is 332 g/mol. The topological polar surface area (TPSA) is 79.9 Å². The largest absolute Gasteiger partial charge is 0.295 e. The predicted octanol–water partition coefficient (Wildman–Crippen LogP) is 3.51. The van der Waals surface area contributed by atoms with Gasteiger partial charge in [-0.15, -0.1) is 0 Å². The van der Waals surface area contributed by atoms with Gasteiger partial charge in [-0.25, -0.2) is 5.10 Å². The summed E-state index contributed by atoms with van der Waals surface area (Å²) >= 11 is 0. The number of aromatic nitrogens is 2. The van der Waals surface area contributed by atoms with E-state index in [4.69, 9.17) is 0 Å². The van der Waals surface area contributed by atoms with E-state index in [0.29, 0.717) is 27.8 Å². The van der Waals surface area contributed by atoms with E-state index in [1.807, 2.05) is 0 Å². The van der Waals surface area contributed by atoms with Gasteiger partial charge in [0, 0.05) is 16.7 Å². The molecular formula is C20H16N2O3. The lowest BCUT2D eigenvalue weighted by Crippen LogP contribution is -2.12. The lowest BCUT2D eigenvalue weighted by Gasteiger charge is -2.09. The fourth-order valence-electron chi connectivity index (χ4n) is 2.66. The number of Topliss-reactive ketones (excluding diaryl/α,β-unsaturated/α-hetero) is 2. The van der Waals surface area contributed by atoms with Crippen LogP contribution in [0.4, 0.5) is 0 Å². The van der Waals surface area contributed by atoms with Gasteiger partial charge in [-0.05, 0) is 25.0 Å². The van der Waals surface area contributed by atoms with Gasteiger partial charge in [0.2, 0.25) is 0 Å². The highest BCUT2D eigenvalue weighted by Crippen LogP contribution is 2.29. The molecule has 124 valence electrons. The lowest BCUT2D eigenvalue weighted by atomic mass is 9.95. The Labute approximate surface area is 144 Å². The fourth-order valence-corrected chi connectivity index (χ4v) is 2.66. The van der Waals surface area contributed by atoms with Gasteiger partial charge in [-0.3, -0.25) is 14.4 Å². The van der Waals surface area contributed by atoms with Gasteiger partial charge < -0.3 is 0 Å². The highest BCUT2D eigenvalue weighted by molar-refractivity contribution is 5.96. The highest BCUT2D eigenvalue weighted by Gasteiger charge is 2.13. The quantitative estimate of drug-likeness (QED) is 0.741. The van der Waals surface area contributed by atoms with Crippen LogP contribution in [0.2, 0.25) is 0 Å². The minimum Gasteiger partial charge on any atom is -0.295 e. The van der Waals surface area contributed by atoms with Crippen LogP contribution in [0.25, 0.3) is 22.3 Å². The van der Waals surface area contributed by atoms with E-state index in [1.54, 1.807) is 54.7 Å². The molecule has 0 bridgehead atoms. The van der Waals surface area contributed by atoms with Crippen LogP contribution in [0.3, 0.4) is 0 Å². The Bertz CT molecular complexity index is 1000. The smallest absolute Gasteiger partial charge is 0.272 e. The third-order valence-electron chi connectivity index (χ3n) is 4.04. The van der Waals surface area contributed by atoms with Crippen LogP contribution in [0.1, 0.15) is 34.6 Å². The number of benzene rings is 2. The van der Waals surface area contributed by atoms with Crippen molar-refractivity contribution in [3.8, 4) is 22.3 Å². The number of nitrogens with one attached hydrogen (secondary N) is 1. The number of aromatic amines is 1. The van der Waals surface area contributed by atoms with E-state index in [9.17, 15) is 14.4 Å². The summed E-state index contributed by atoms with van der Waals surface area (Å²) < 4.78 is 0. The molecule has 0 unspecified atom stereocenters. The number of carbonyl (C=O) groups excluding carboxylic acids is 2. The standard InChI is InChI=1S/C20H16N2O3/c1-12(23)14-3-7-16(8-4-14)18-11-21-22-20(25)19(18)17-9-5-15(6-10-17)13(2)24/h3-11H,1-2H3,(H,22,25). The lowest BCUT2D eigenvalue weighted by molar-refractivity contribution is 0.100. The van der Waals surface area contributed by atoms with E-state index in [-0.39, 0.29) is 17.1 Å². The summed E-state index contributed by atoms with van der Waals surface area (Å²) in [4.78, 5) is 35.2. The fraction of sp³-hybridized carbons (Fsp3) is 0.100. The maximum Gasteiger partial charge on any atom is 0.272 e. The first-order valence-corrected chi connectivity index (χ1v) is 7.78. The third kappa shape index (κ3) is 3.30. The third-order valence-corrected chi connectivity index (χ3v) is 4.04. The zero-order chi connectivity index (χ0) is 18.0. The van der Waals surface area contributed by atoms with Crippen LogP contribution in [0.15, 0.2) is 59.5 Å². The first-order chi connectivity index (χ1) is 12.0. The maximum atomic E-state index is 12.4. The number of rotatable bonds is 4. The maximum absolute atomic E-state index is 12.4. The van der Waals surface area contributed by atoms with Gasteiger partial charge in [0.05, 0.1) is 11.8 Å². The van der Waals surface area contributed by atoms with E-state index < -0.39 is 0 Å². The molecule has 0 amide bonds. The molecule has 0 spiro atoms. The summed E-state index contributed by atoms with van der Waals surface area (Å²) in [5.41, 5.74) is 3.49. The Morgan fingerprint density at radius 1 is 0.800 bits per heavy atom. The van der Waals surface area contributed by atoms with Crippen molar-refractivity contribution in [3.05, 3.63) is 76.2 Å². The van der Waals surface area contributed by atoms with Crippen LogP contribution in [0.5, 0.6) is 0 Å². The first-order valence-electron chi connectivity index (χ1n) is 7.78. The van der Waals surface area contributed by atoms with Gasteiger partial charge in [0.25, 0.3) is 5.56 Å². The van der Waals surface area contributed by atoms with Crippen LogP contribution in [0, 0.1) is 0 Å². The summed E-state index contributed by atoms with van der Waals surface area (Å²) in [6.45, 7) is 3.00. The van der Waals surface area contributed by atoms with Crippen molar-refractivity contribution in [3.63, 3.8) is 0 Å². The minimum atomic E-state index is -0.316. The summed E-state index contributed by atoms with van der Waals surface area (Å²) in [5.74, 6) is -0.0501. The van der Waals surface area contributed by atoms with Crippen LogP contribution in [-0.4, -0.2) is 21.8 Å². The Hall–Kier alpha value is -3.34. The van der Waals surface area contributed by atoms with Gasteiger partial charge >= 0.3 is 0 Å². The molecule has 0 radical (unpaired) electrons. The Kier molecular flexibility index (Phi) is 4.39. The van der Waals surface area contributed by atoms with Crippen LogP contribution in [-0.2, 0) is 0 Å². The number of nitrogens with zero attached hydrogens (tertiary/aromatic N) is 1. The summed E-state index contributed by atoms with van der Waals surface area (Å²) in [5, 5.41) is 6.34. The molecule has 1 heterocycles. The van der Waals surface area contributed by atoms with Crippen molar-refractivity contribution in [1.82, 2.24) is 10.2 Å². The number of hydrogen-bond donors (Lipinski definition) is 1. The average molecular weight is 332 g/mol. The normalized spacial score (nSPS) is 10.5. The Morgan fingerprint density at radius 2 is 1.28 bits per heavy atom. The zero-order valence-corrected chi connectivity index (χ0v) is 13.9. The van der Waals surface area contributed by atoms with Crippen LogP contribution < -0.4 is 5.56 Å². The predicted molar refractivity (Wildman–Crippen MR) is 95.7 cm³/mol.